The van der Waals surface area contributed by atoms with Gasteiger partial charge in [-0.25, -0.2) is 4.68 Å². The predicted octanol–water partition coefficient (Wildman–Crippen LogP) is 1.28. The molecule has 21 heavy (non-hydrogen) atoms. The molecule has 110 valence electrons. The summed E-state index contributed by atoms with van der Waals surface area (Å²) in [5.41, 5.74) is 2.17. The Hall–Kier alpha value is -2.14. The van der Waals surface area contributed by atoms with Crippen LogP contribution in [0.25, 0.3) is 5.69 Å². The van der Waals surface area contributed by atoms with E-state index in [1.165, 1.54) is 0 Å². The van der Waals surface area contributed by atoms with Crippen molar-refractivity contribution in [3.05, 3.63) is 48.3 Å². The van der Waals surface area contributed by atoms with Crippen LogP contribution in [0.2, 0.25) is 0 Å². The molecule has 2 aromatic rings. The zero-order chi connectivity index (χ0) is 14.5. The van der Waals surface area contributed by atoms with E-state index in [1.807, 2.05) is 47.4 Å². The van der Waals surface area contributed by atoms with Crippen molar-refractivity contribution < 1.29 is 4.79 Å². The highest BCUT2D eigenvalue weighted by Crippen LogP contribution is 2.08. The fraction of sp³-hybridized carbons (Fsp3) is 0.375. The minimum absolute atomic E-state index is 0.00274. The van der Waals surface area contributed by atoms with Gasteiger partial charge >= 0.3 is 0 Å². The van der Waals surface area contributed by atoms with Crippen molar-refractivity contribution in [3.8, 4) is 5.69 Å². The first-order chi connectivity index (χ1) is 10.3. The summed E-state index contributed by atoms with van der Waals surface area (Å²) in [6.45, 7) is 1.60. The highest BCUT2D eigenvalue weighted by atomic mass is 16.2. The van der Waals surface area contributed by atoms with Gasteiger partial charge in [0, 0.05) is 12.7 Å². The average molecular weight is 284 g/mol. The summed E-state index contributed by atoms with van der Waals surface area (Å²) >= 11 is 0. The molecule has 1 aromatic carbocycles. The number of nitrogens with zero attached hydrogens (tertiary/aromatic N) is 2. The first-order valence-corrected chi connectivity index (χ1v) is 7.43. The molecule has 1 aromatic heterocycles. The second-order valence-electron chi connectivity index (χ2n) is 5.32. The van der Waals surface area contributed by atoms with E-state index in [9.17, 15) is 4.79 Å². The van der Waals surface area contributed by atoms with Crippen LogP contribution < -0.4 is 10.6 Å². The summed E-state index contributed by atoms with van der Waals surface area (Å²) in [7, 11) is 0. The molecule has 1 aliphatic heterocycles. The number of aromatic nitrogens is 2. The average Bonchev–Trinajstić information content (AvgIpc) is 3.20. The summed E-state index contributed by atoms with van der Waals surface area (Å²) < 4.78 is 1.86. The number of carbonyl (C=O) groups excluding carboxylic acids is 1. The first-order valence-electron chi connectivity index (χ1n) is 7.43. The minimum atomic E-state index is -0.00274. The van der Waals surface area contributed by atoms with Crippen LogP contribution in [-0.2, 0) is 11.2 Å². The molecule has 5 nitrogen and oxygen atoms in total. The van der Waals surface area contributed by atoms with E-state index >= 15 is 0 Å². The van der Waals surface area contributed by atoms with Gasteiger partial charge in [-0.3, -0.25) is 4.79 Å². The molecule has 2 heterocycles. The quantitative estimate of drug-likeness (QED) is 0.869. The highest BCUT2D eigenvalue weighted by Gasteiger charge is 2.21. The molecule has 0 saturated carbocycles. The monoisotopic (exact) mass is 284 g/mol. The van der Waals surface area contributed by atoms with Crippen LogP contribution in [0.3, 0.4) is 0 Å². The molecular formula is C16H20N4O. The third-order valence-corrected chi connectivity index (χ3v) is 3.75. The molecule has 1 atom stereocenters. The third kappa shape index (κ3) is 3.49. The molecule has 0 aliphatic carbocycles. The predicted molar refractivity (Wildman–Crippen MR) is 81.3 cm³/mol. The van der Waals surface area contributed by atoms with Crippen molar-refractivity contribution in [1.82, 2.24) is 20.4 Å². The van der Waals surface area contributed by atoms with Crippen LogP contribution in [0.15, 0.2) is 42.7 Å². The number of carbonyl (C=O) groups is 1. The molecule has 1 aliphatic rings. The Labute approximate surface area is 124 Å². The van der Waals surface area contributed by atoms with Gasteiger partial charge in [-0.15, -0.1) is 0 Å². The molecule has 1 unspecified atom stereocenters. The summed E-state index contributed by atoms with van der Waals surface area (Å²) in [5, 5.41) is 10.5. The van der Waals surface area contributed by atoms with Crippen LogP contribution in [-0.4, -0.2) is 34.8 Å². The number of benzene rings is 1. The van der Waals surface area contributed by atoms with Gasteiger partial charge < -0.3 is 10.6 Å². The van der Waals surface area contributed by atoms with Crippen LogP contribution in [0, 0.1) is 0 Å². The third-order valence-electron chi connectivity index (χ3n) is 3.75. The van der Waals surface area contributed by atoms with Gasteiger partial charge in [0.25, 0.3) is 0 Å². The van der Waals surface area contributed by atoms with E-state index in [4.69, 9.17) is 0 Å². The maximum Gasteiger partial charge on any atom is 0.237 e. The second-order valence-corrected chi connectivity index (χ2v) is 5.32. The molecule has 3 rings (SSSR count). The lowest BCUT2D eigenvalue weighted by atomic mass is 10.2. The summed E-state index contributed by atoms with van der Waals surface area (Å²) in [6, 6.07) is 10.0. The zero-order valence-corrected chi connectivity index (χ0v) is 12.0. The lowest BCUT2D eigenvalue weighted by Gasteiger charge is -2.10. The molecule has 0 radical (unpaired) electrons. The van der Waals surface area contributed by atoms with E-state index < -0.39 is 0 Å². The Morgan fingerprint density at radius 2 is 2.24 bits per heavy atom. The van der Waals surface area contributed by atoms with Gasteiger partial charge in [-0.05, 0) is 43.5 Å². The van der Waals surface area contributed by atoms with Crippen LogP contribution in [0.5, 0.6) is 0 Å². The molecule has 0 bridgehead atoms. The van der Waals surface area contributed by atoms with Crippen molar-refractivity contribution >= 4 is 5.91 Å². The summed E-state index contributed by atoms with van der Waals surface area (Å²) in [5.74, 6) is 0.114. The van der Waals surface area contributed by atoms with Crippen LogP contribution in [0.1, 0.15) is 18.4 Å². The fourth-order valence-corrected chi connectivity index (χ4v) is 2.57. The Bertz CT molecular complexity index is 587. The van der Waals surface area contributed by atoms with E-state index in [0.29, 0.717) is 6.54 Å². The molecule has 1 fully saturated rings. The van der Waals surface area contributed by atoms with Gasteiger partial charge in [-0.1, -0.05) is 18.2 Å². The molecule has 5 heteroatoms. The smallest absolute Gasteiger partial charge is 0.237 e. The Balaban J connectivity index is 1.50. The Kier molecular flexibility index (Phi) is 4.31. The fourth-order valence-electron chi connectivity index (χ4n) is 2.57. The molecule has 0 spiro atoms. The van der Waals surface area contributed by atoms with Crippen LogP contribution >= 0.6 is 0 Å². The number of hydrogen-bond acceptors (Lipinski definition) is 3. The SMILES string of the molecule is O=C(NCCc1cnn(-c2ccccc2)c1)C1CCCN1. The minimum Gasteiger partial charge on any atom is -0.354 e. The van der Waals surface area contributed by atoms with E-state index in [0.717, 1.165) is 37.1 Å². The van der Waals surface area contributed by atoms with Gasteiger partial charge in [0.15, 0.2) is 0 Å². The molecular weight excluding hydrogens is 264 g/mol. The largest absolute Gasteiger partial charge is 0.354 e. The maximum atomic E-state index is 11.9. The highest BCUT2D eigenvalue weighted by molar-refractivity contribution is 5.81. The van der Waals surface area contributed by atoms with E-state index in [-0.39, 0.29) is 11.9 Å². The summed E-state index contributed by atoms with van der Waals surface area (Å²) in [4.78, 5) is 11.9. The normalized spacial score (nSPS) is 17.8. The Morgan fingerprint density at radius 3 is 3.00 bits per heavy atom. The number of nitrogens with one attached hydrogen (secondary N) is 2. The number of para-hydroxylation sites is 1. The van der Waals surface area contributed by atoms with Gasteiger partial charge in [0.05, 0.1) is 17.9 Å². The topological polar surface area (TPSA) is 59.0 Å². The zero-order valence-electron chi connectivity index (χ0n) is 12.0. The molecule has 2 N–H and O–H groups in total. The van der Waals surface area contributed by atoms with Crippen molar-refractivity contribution in [2.24, 2.45) is 0 Å². The lowest BCUT2D eigenvalue weighted by Crippen LogP contribution is -2.41. The second kappa shape index (κ2) is 6.54. The number of amides is 1. The first kappa shape index (κ1) is 13.8. The number of hydrogen-bond donors (Lipinski definition) is 2. The van der Waals surface area contributed by atoms with Crippen molar-refractivity contribution in [1.29, 1.82) is 0 Å². The Morgan fingerprint density at radius 1 is 1.38 bits per heavy atom. The van der Waals surface area contributed by atoms with Crippen molar-refractivity contribution in [3.63, 3.8) is 0 Å². The van der Waals surface area contributed by atoms with Gasteiger partial charge in [0.1, 0.15) is 0 Å². The van der Waals surface area contributed by atoms with Crippen molar-refractivity contribution in [2.45, 2.75) is 25.3 Å². The molecule has 1 amide bonds. The maximum absolute atomic E-state index is 11.9. The number of rotatable bonds is 5. The van der Waals surface area contributed by atoms with Crippen molar-refractivity contribution in [2.75, 3.05) is 13.1 Å². The molecule has 1 saturated heterocycles. The van der Waals surface area contributed by atoms with Gasteiger partial charge in [0.2, 0.25) is 5.91 Å². The standard InChI is InChI=1S/C16H20N4O/c21-16(15-7-4-9-17-15)18-10-8-13-11-19-20(12-13)14-5-2-1-3-6-14/h1-3,5-6,11-12,15,17H,4,7-10H2,(H,18,21). The van der Waals surface area contributed by atoms with Crippen LogP contribution in [0.4, 0.5) is 0 Å². The summed E-state index contributed by atoms with van der Waals surface area (Å²) in [6.07, 6.45) is 6.69. The lowest BCUT2D eigenvalue weighted by molar-refractivity contribution is -0.122. The van der Waals surface area contributed by atoms with E-state index in [1.54, 1.807) is 0 Å². The van der Waals surface area contributed by atoms with E-state index in [2.05, 4.69) is 15.7 Å². The van der Waals surface area contributed by atoms with Gasteiger partial charge in [-0.2, -0.15) is 5.10 Å².